The molecule has 1 heterocycles. The molecule has 0 saturated carbocycles. The lowest BCUT2D eigenvalue weighted by molar-refractivity contribution is -0.918. The first kappa shape index (κ1) is 17.1. The predicted octanol–water partition coefficient (Wildman–Crippen LogP) is 1.72. The zero-order valence-corrected chi connectivity index (χ0v) is 14.4. The molecule has 0 atom stereocenters. The number of piperazine rings is 1. The van der Waals surface area contributed by atoms with Gasteiger partial charge in [-0.2, -0.15) is 5.10 Å². The highest BCUT2D eigenvalue weighted by molar-refractivity contribution is 5.99. The molecule has 6 heteroatoms. The molecule has 130 valence electrons. The molecular weight excluding hydrogens is 316 g/mol. The minimum absolute atomic E-state index is 0.101. The van der Waals surface area contributed by atoms with Gasteiger partial charge in [-0.3, -0.25) is 15.1 Å². The van der Waals surface area contributed by atoms with Gasteiger partial charge in [0.25, 0.3) is 5.69 Å². The zero-order valence-electron chi connectivity index (χ0n) is 14.4. The van der Waals surface area contributed by atoms with E-state index in [1.54, 1.807) is 17.0 Å². The summed E-state index contributed by atoms with van der Waals surface area (Å²) in [5.41, 5.74) is 3.08. The Morgan fingerprint density at radius 2 is 1.88 bits per heavy atom. The first-order valence-electron chi connectivity index (χ1n) is 8.54. The highest BCUT2D eigenvalue weighted by Gasteiger charge is 2.19. The number of non-ortho nitro benzene ring substituents is 1. The Morgan fingerprint density at radius 1 is 1.16 bits per heavy atom. The molecule has 3 rings (SSSR count). The van der Waals surface area contributed by atoms with Crippen molar-refractivity contribution in [2.24, 2.45) is 5.10 Å². The van der Waals surface area contributed by atoms with Gasteiger partial charge in [-0.25, -0.2) is 0 Å². The summed E-state index contributed by atoms with van der Waals surface area (Å²) in [5.74, 6) is 0. The third-order valence-electron chi connectivity index (χ3n) is 4.51. The van der Waals surface area contributed by atoms with Crippen LogP contribution in [0, 0.1) is 10.1 Å². The minimum Gasteiger partial charge on any atom is -0.328 e. The number of hydrazone groups is 1. The normalized spacial score (nSPS) is 16.0. The molecule has 1 saturated heterocycles. The topological polar surface area (TPSA) is 63.2 Å². The molecule has 25 heavy (non-hydrogen) atoms. The second kappa shape index (κ2) is 7.90. The largest absolute Gasteiger partial charge is 0.328 e. The maximum atomic E-state index is 10.9. The predicted molar refractivity (Wildman–Crippen MR) is 97.7 cm³/mol. The summed E-state index contributed by atoms with van der Waals surface area (Å²) in [6.45, 7) is 6.83. The van der Waals surface area contributed by atoms with Gasteiger partial charge in [-0.05, 0) is 6.92 Å². The fraction of sp³-hybridized carbons (Fsp3) is 0.316. The summed E-state index contributed by atoms with van der Waals surface area (Å²) in [6, 6.07) is 17.2. The first-order chi connectivity index (χ1) is 12.1. The maximum Gasteiger partial charge on any atom is 0.270 e. The molecule has 0 aromatic heterocycles. The Hall–Kier alpha value is -2.73. The van der Waals surface area contributed by atoms with E-state index >= 15 is 0 Å². The zero-order chi connectivity index (χ0) is 17.6. The molecule has 0 radical (unpaired) electrons. The number of rotatable bonds is 5. The molecule has 2 aromatic carbocycles. The Bertz CT molecular complexity index is 753. The molecule has 0 amide bonds. The van der Waals surface area contributed by atoms with Crippen LogP contribution in [0.5, 0.6) is 0 Å². The molecule has 0 spiro atoms. The van der Waals surface area contributed by atoms with Crippen molar-refractivity contribution in [3.8, 4) is 0 Å². The molecule has 1 fully saturated rings. The summed E-state index contributed by atoms with van der Waals surface area (Å²) in [4.78, 5) is 12.1. The van der Waals surface area contributed by atoms with Crippen molar-refractivity contribution in [2.45, 2.75) is 13.5 Å². The van der Waals surface area contributed by atoms with E-state index in [1.807, 2.05) is 19.1 Å². The molecule has 1 aliphatic rings. The fourth-order valence-electron chi connectivity index (χ4n) is 3.09. The number of nitrogens with one attached hydrogen (secondary N) is 1. The van der Waals surface area contributed by atoms with Gasteiger partial charge in [0.2, 0.25) is 0 Å². The lowest BCUT2D eigenvalue weighted by Crippen LogP contribution is -3.13. The van der Waals surface area contributed by atoms with Crippen LogP contribution in [0.2, 0.25) is 0 Å². The van der Waals surface area contributed by atoms with Crippen LogP contribution < -0.4 is 4.90 Å². The second-order valence-electron chi connectivity index (χ2n) is 6.36. The van der Waals surface area contributed by atoms with Crippen LogP contribution in [0.4, 0.5) is 5.69 Å². The Labute approximate surface area is 147 Å². The van der Waals surface area contributed by atoms with Crippen LogP contribution in [-0.2, 0) is 6.54 Å². The van der Waals surface area contributed by atoms with Crippen LogP contribution in [-0.4, -0.2) is 41.8 Å². The third kappa shape index (κ3) is 4.64. The van der Waals surface area contributed by atoms with E-state index in [1.165, 1.54) is 11.6 Å². The number of hydrogen-bond acceptors (Lipinski definition) is 4. The van der Waals surface area contributed by atoms with Crippen molar-refractivity contribution in [1.82, 2.24) is 5.01 Å². The lowest BCUT2D eigenvalue weighted by Gasteiger charge is -2.30. The van der Waals surface area contributed by atoms with E-state index in [2.05, 4.69) is 34.4 Å². The van der Waals surface area contributed by atoms with Crippen LogP contribution in [0.3, 0.4) is 0 Å². The quantitative estimate of drug-likeness (QED) is 0.512. The second-order valence-corrected chi connectivity index (χ2v) is 6.36. The van der Waals surface area contributed by atoms with E-state index in [4.69, 9.17) is 0 Å². The smallest absolute Gasteiger partial charge is 0.270 e. The Kier molecular flexibility index (Phi) is 5.40. The van der Waals surface area contributed by atoms with Gasteiger partial charge in [-0.15, -0.1) is 0 Å². The molecule has 0 aliphatic carbocycles. The van der Waals surface area contributed by atoms with E-state index in [-0.39, 0.29) is 10.6 Å². The standard InChI is InChI=1S/C19H22N4O2/c1-16(18-8-5-9-19(14-18)23(24)25)20-22-12-10-21(11-13-22)15-17-6-3-2-4-7-17/h2-9,14H,10-13,15H2,1H3/p+1/b20-16+. The number of nitro groups is 1. The van der Waals surface area contributed by atoms with Crippen molar-refractivity contribution in [1.29, 1.82) is 0 Å². The van der Waals surface area contributed by atoms with Crippen molar-refractivity contribution in [3.05, 3.63) is 75.8 Å². The van der Waals surface area contributed by atoms with Gasteiger partial charge in [-0.1, -0.05) is 42.5 Å². The average Bonchev–Trinajstić information content (AvgIpc) is 2.64. The van der Waals surface area contributed by atoms with Crippen molar-refractivity contribution in [3.63, 3.8) is 0 Å². The summed E-state index contributed by atoms with van der Waals surface area (Å²) in [5, 5.41) is 17.6. The highest BCUT2D eigenvalue weighted by Crippen LogP contribution is 2.14. The highest BCUT2D eigenvalue weighted by atomic mass is 16.6. The molecular formula is C19H23N4O2+. The van der Waals surface area contributed by atoms with Crippen molar-refractivity contribution >= 4 is 11.4 Å². The van der Waals surface area contributed by atoms with Crippen LogP contribution in [0.1, 0.15) is 18.1 Å². The Morgan fingerprint density at radius 3 is 2.56 bits per heavy atom. The number of nitro benzene ring substituents is 1. The maximum absolute atomic E-state index is 10.9. The summed E-state index contributed by atoms with van der Waals surface area (Å²) in [7, 11) is 0. The lowest BCUT2D eigenvalue weighted by atomic mass is 10.1. The fourth-order valence-corrected chi connectivity index (χ4v) is 3.09. The van der Waals surface area contributed by atoms with E-state index in [0.29, 0.717) is 0 Å². The molecule has 0 unspecified atom stereocenters. The van der Waals surface area contributed by atoms with Crippen molar-refractivity contribution in [2.75, 3.05) is 26.2 Å². The number of benzene rings is 2. The van der Waals surface area contributed by atoms with Gasteiger partial charge >= 0.3 is 0 Å². The minimum atomic E-state index is -0.373. The summed E-state index contributed by atoms with van der Waals surface area (Å²) >= 11 is 0. The van der Waals surface area contributed by atoms with Crippen molar-refractivity contribution < 1.29 is 9.82 Å². The van der Waals surface area contributed by atoms with Crippen LogP contribution >= 0.6 is 0 Å². The van der Waals surface area contributed by atoms with E-state index in [9.17, 15) is 10.1 Å². The van der Waals surface area contributed by atoms with Gasteiger partial charge in [0.1, 0.15) is 6.54 Å². The summed E-state index contributed by atoms with van der Waals surface area (Å²) in [6.07, 6.45) is 0. The Balaban J connectivity index is 1.58. The monoisotopic (exact) mass is 339 g/mol. The van der Waals surface area contributed by atoms with Crippen LogP contribution in [0.25, 0.3) is 0 Å². The number of quaternary nitrogens is 1. The van der Waals surface area contributed by atoms with Gasteiger partial charge in [0, 0.05) is 23.3 Å². The average molecular weight is 339 g/mol. The number of nitrogens with zero attached hydrogens (tertiary/aromatic N) is 3. The van der Waals surface area contributed by atoms with E-state index < -0.39 is 0 Å². The molecule has 2 aromatic rings. The van der Waals surface area contributed by atoms with Gasteiger partial charge in [0.05, 0.1) is 36.8 Å². The third-order valence-corrected chi connectivity index (χ3v) is 4.51. The SMILES string of the molecule is C/C(=N\N1CC[NH+](Cc2ccccc2)CC1)c1cccc([N+](=O)[O-])c1. The van der Waals surface area contributed by atoms with Gasteiger partial charge in [0.15, 0.2) is 0 Å². The molecule has 0 bridgehead atoms. The molecule has 6 nitrogen and oxygen atoms in total. The molecule has 1 N–H and O–H groups in total. The van der Waals surface area contributed by atoms with E-state index in [0.717, 1.165) is 44.0 Å². The first-order valence-corrected chi connectivity index (χ1v) is 8.54. The number of hydrogen-bond donors (Lipinski definition) is 1. The summed E-state index contributed by atoms with van der Waals surface area (Å²) < 4.78 is 0. The molecule has 1 aliphatic heterocycles. The van der Waals surface area contributed by atoms with Crippen LogP contribution in [0.15, 0.2) is 59.7 Å². The van der Waals surface area contributed by atoms with Gasteiger partial charge < -0.3 is 4.90 Å².